The molecular formula is C16H16N4O2. The number of carbonyl (C=O) groups is 2. The van der Waals surface area contributed by atoms with Gasteiger partial charge in [0.1, 0.15) is 0 Å². The lowest BCUT2D eigenvalue weighted by Gasteiger charge is -2.12. The first kappa shape index (κ1) is 15.1. The van der Waals surface area contributed by atoms with Crippen LogP contribution in [-0.4, -0.2) is 11.8 Å². The lowest BCUT2D eigenvalue weighted by Crippen LogP contribution is -2.19. The van der Waals surface area contributed by atoms with E-state index in [1.165, 1.54) is 0 Å². The van der Waals surface area contributed by atoms with E-state index in [1.54, 1.807) is 24.3 Å². The van der Waals surface area contributed by atoms with Gasteiger partial charge in [-0.2, -0.15) is 0 Å². The van der Waals surface area contributed by atoms with E-state index in [4.69, 9.17) is 11.5 Å². The molecule has 0 saturated carbocycles. The summed E-state index contributed by atoms with van der Waals surface area (Å²) < 4.78 is 0. The zero-order valence-electron chi connectivity index (χ0n) is 11.8. The Hall–Kier alpha value is -3.28. The maximum atomic E-state index is 11.7. The molecule has 0 aliphatic carbocycles. The Kier molecular flexibility index (Phi) is 4.13. The second-order valence-corrected chi connectivity index (χ2v) is 4.66. The number of anilines is 2. The predicted molar refractivity (Wildman–Crippen MR) is 87.9 cm³/mol. The summed E-state index contributed by atoms with van der Waals surface area (Å²) in [6.45, 7) is 6.79. The first-order chi connectivity index (χ1) is 10.4. The van der Waals surface area contributed by atoms with Crippen LogP contribution in [0.15, 0.2) is 61.0 Å². The summed E-state index contributed by atoms with van der Waals surface area (Å²) in [7, 11) is 0. The Morgan fingerprint density at radius 2 is 1.14 bits per heavy atom. The van der Waals surface area contributed by atoms with Crippen molar-refractivity contribution in [2.45, 2.75) is 0 Å². The van der Waals surface area contributed by atoms with Gasteiger partial charge in [-0.15, -0.1) is 0 Å². The Morgan fingerprint density at radius 1 is 0.773 bits per heavy atom. The molecule has 112 valence electrons. The van der Waals surface area contributed by atoms with Crippen molar-refractivity contribution in [2.24, 2.45) is 11.5 Å². The fraction of sp³-hybridized carbons (Fsp3) is 0. The molecule has 0 fully saturated rings. The van der Waals surface area contributed by atoms with Crippen LogP contribution >= 0.6 is 0 Å². The SMILES string of the molecule is C=C(N)C(=O)Nc1cccc2c(NC(=O)C(=C)N)cccc12. The van der Waals surface area contributed by atoms with Crippen molar-refractivity contribution < 1.29 is 9.59 Å². The number of benzene rings is 2. The van der Waals surface area contributed by atoms with E-state index in [0.29, 0.717) is 11.4 Å². The summed E-state index contributed by atoms with van der Waals surface area (Å²) in [6.07, 6.45) is 0. The number of rotatable bonds is 4. The molecule has 6 N–H and O–H groups in total. The van der Waals surface area contributed by atoms with Gasteiger partial charge in [-0.1, -0.05) is 37.4 Å². The van der Waals surface area contributed by atoms with E-state index in [-0.39, 0.29) is 11.4 Å². The minimum absolute atomic E-state index is 0.0825. The smallest absolute Gasteiger partial charge is 0.270 e. The second kappa shape index (κ2) is 6.01. The first-order valence-electron chi connectivity index (χ1n) is 6.43. The molecule has 0 bridgehead atoms. The minimum atomic E-state index is -0.475. The van der Waals surface area contributed by atoms with Crippen LogP contribution in [0.4, 0.5) is 11.4 Å². The lowest BCUT2D eigenvalue weighted by atomic mass is 10.1. The summed E-state index contributed by atoms with van der Waals surface area (Å²) in [5.74, 6) is -0.949. The van der Waals surface area contributed by atoms with Crippen molar-refractivity contribution >= 4 is 34.0 Å². The van der Waals surface area contributed by atoms with Gasteiger partial charge in [0.05, 0.1) is 11.4 Å². The number of carbonyl (C=O) groups excluding carboxylic acids is 2. The predicted octanol–water partition coefficient (Wildman–Crippen LogP) is 1.66. The third-order valence-electron chi connectivity index (χ3n) is 3.00. The summed E-state index contributed by atoms with van der Waals surface area (Å²) in [5, 5.41) is 6.83. The lowest BCUT2D eigenvalue weighted by molar-refractivity contribution is -0.113. The van der Waals surface area contributed by atoms with Gasteiger partial charge in [-0.05, 0) is 12.1 Å². The largest absolute Gasteiger partial charge is 0.395 e. The molecule has 0 aliphatic heterocycles. The highest BCUT2D eigenvalue weighted by Gasteiger charge is 2.10. The average Bonchev–Trinajstić information content (AvgIpc) is 2.47. The molecule has 0 atom stereocenters. The number of amides is 2. The van der Waals surface area contributed by atoms with Gasteiger partial charge in [0, 0.05) is 22.1 Å². The molecule has 2 rings (SSSR count). The number of nitrogens with two attached hydrogens (primary N) is 2. The van der Waals surface area contributed by atoms with Gasteiger partial charge in [0.2, 0.25) is 0 Å². The molecule has 2 amide bonds. The Balaban J connectivity index is 2.46. The number of hydrogen-bond donors (Lipinski definition) is 4. The van der Waals surface area contributed by atoms with Crippen molar-refractivity contribution in [1.29, 1.82) is 0 Å². The van der Waals surface area contributed by atoms with Gasteiger partial charge in [0.15, 0.2) is 0 Å². The molecule has 22 heavy (non-hydrogen) atoms. The van der Waals surface area contributed by atoms with Crippen LogP contribution < -0.4 is 22.1 Å². The zero-order valence-corrected chi connectivity index (χ0v) is 11.8. The number of fused-ring (bicyclic) bond motifs is 1. The van der Waals surface area contributed by atoms with E-state index >= 15 is 0 Å². The van der Waals surface area contributed by atoms with Gasteiger partial charge in [-0.25, -0.2) is 0 Å². The first-order valence-corrected chi connectivity index (χ1v) is 6.43. The third-order valence-corrected chi connectivity index (χ3v) is 3.00. The zero-order chi connectivity index (χ0) is 16.3. The fourth-order valence-electron chi connectivity index (χ4n) is 1.93. The summed E-state index contributed by atoms with van der Waals surface area (Å²) in [4.78, 5) is 23.3. The summed E-state index contributed by atoms with van der Waals surface area (Å²) >= 11 is 0. The minimum Gasteiger partial charge on any atom is -0.395 e. The molecule has 6 heteroatoms. The Morgan fingerprint density at radius 3 is 1.45 bits per heavy atom. The molecule has 0 saturated heterocycles. The Labute approximate surface area is 127 Å². The van der Waals surface area contributed by atoms with Crippen molar-refractivity contribution in [3.8, 4) is 0 Å². The van der Waals surface area contributed by atoms with Gasteiger partial charge in [-0.3, -0.25) is 9.59 Å². The molecule has 0 spiro atoms. The molecule has 6 nitrogen and oxygen atoms in total. The summed E-state index contributed by atoms with van der Waals surface area (Å²) in [6, 6.07) is 10.6. The molecule has 0 unspecified atom stereocenters. The standard InChI is InChI=1S/C16H16N4O2/c1-9(17)15(21)19-13-7-3-6-12-11(13)5-4-8-14(12)20-16(22)10(2)18/h3-8H,1-2,17-18H2,(H,19,21)(H,20,22). The molecule has 0 aliphatic rings. The van der Waals surface area contributed by atoms with Crippen LogP contribution in [0.5, 0.6) is 0 Å². The van der Waals surface area contributed by atoms with Gasteiger partial charge >= 0.3 is 0 Å². The van der Waals surface area contributed by atoms with E-state index in [9.17, 15) is 9.59 Å². The quantitative estimate of drug-likeness (QED) is 0.643. The highest BCUT2D eigenvalue weighted by molar-refractivity contribution is 6.13. The van der Waals surface area contributed by atoms with Crippen molar-refractivity contribution in [1.82, 2.24) is 0 Å². The molecular weight excluding hydrogens is 280 g/mol. The normalized spacial score (nSPS) is 10.0. The highest BCUT2D eigenvalue weighted by atomic mass is 16.2. The maximum absolute atomic E-state index is 11.7. The van der Waals surface area contributed by atoms with E-state index in [0.717, 1.165) is 10.8 Å². The van der Waals surface area contributed by atoms with E-state index in [2.05, 4.69) is 23.8 Å². The second-order valence-electron chi connectivity index (χ2n) is 4.66. The topological polar surface area (TPSA) is 110 Å². The van der Waals surface area contributed by atoms with Gasteiger partial charge in [0.25, 0.3) is 11.8 Å². The molecule has 2 aromatic carbocycles. The van der Waals surface area contributed by atoms with Crippen LogP contribution in [0.25, 0.3) is 10.8 Å². The number of hydrogen-bond acceptors (Lipinski definition) is 4. The molecule has 0 aromatic heterocycles. The average molecular weight is 296 g/mol. The van der Waals surface area contributed by atoms with Crippen LogP contribution in [0.2, 0.25) is 0 Å². The fourth-order valence-corrected chi connectivity index (χ4v) is 1.93. The Bertz CT molecular complexity index is 729. The van der Waals surface area contributed by atoms with E-state index in [1.807, 2.05) is 12.1 Å². The highest BCUT2D eigenvalue weighted by Crippen LogP contribution is 2.29. The van der Waals surface area contributed by atoms with Crippen LogP contribution in [0.3, 0.4) is 0 Å². The monoisotopic (exact) mass is 296 g/mol. The maximum Gasteiger partial charge on any atom is 0.270 e. The van der Waals surface area contributed by atoms with Crippen LogP contribution in [0.1, 0.15) is 0 Å². The van der Waals surface area contributed by atoms with Crippen LogP contribution in [-0.2, 0) is 9.59 Å². The molecule has 0 radical (unpaired) electrons. The number of nitrogens with one attached hydrogen (secondary N) is 2. The molecule has 0 heterocycles. The van der Waals surface area contributed by atoms with Gasteiger partial charge < -0.3 is 22.1 Å². The van der Waals surface area contributed by atoms with E-state index < -0.39 is 11.8 Å². The molecule has 2 aromatic rings. The summed E-state index contributed by atoms with van der Waals surface area (Å²) in [5.41, 5.74) is 11.7. The van der Waals surface area contributed by atoms with Crippen molar-refractivity contribution in [2.75, 3.05) is 10.6 Å². The van der Waals surface area contributed by atoms with Crippen molar-refractivity contribution in [3.05, 3.63) is 61.0 Å². The van der Waals surface area contributed by atoms with Crippen LogP contribution in [0, 0.1) is 0 Å². The van der Waals surface area contributed by atoms with Crippen molar-refractivity contribution in [3.63, 3.8) is 0 Å². The third kappa shape index (κ3) is 3.06.